The quantitative estimate of drug-likeness (QED) is 0.570. The van der Waals surface area contributed by atoms with Gasteiger partial charge in [-0.3, -0.25) is 19.9 Å². The first-order valence-corrected chi connectivity index (χ1v) is 11.8. The predicted molar refractivity (Wildman–Crippen MR) is 129 cm³/mol. The molecule has 10 heteroatoms. The number of urea groups is 1. The van der Waals surface area contributed by atoms with Gasteiger partial charge in [0.2, 0.25) is 0 Å². The van der Waals surface area contributed by atoms with Crippen LogP contribution in [-0.2, 0) is 4.74 Å². The molecule has 0 aromatic carbocycles. The smallest absolute Gasteiger partial charge is 0.325 e. The molecule has 5 heterocycles. The van der Waals surface area contributed by atoms with Gasteiger partial charge in [-0.2, -0.15) is 5.10 Å². The van der Waals surface area contributed by atoms with Crippen molar-refractivity contribution < 1.29 is 19.4 Å². The number of anilines is 1. The molecule has 0 aliphatic carbocycles. The van der Waals surface area contributed by atoms with Gasteiger partial charge < -0.3 is 14.6 Å². The number of aliphatic hydroxyl groups excluding tert-OH is 1. The number of rotatable bonds is 5. The first-order chi connectivity index (χ1) is 16.8. The summed E-state index contributed by atoms with van der Waals surface area (Å²) >= 11 is 0. The van der Waals surface area contributed by atoms with E-state index in [-0.39, 0.29) is 17.5 Å². The Bertz CT molecular complexity index is 1220. The van der Waals surface area contributed by atoms with E-state index in [2.05, 4.69) is 20.4 Å². The summed E-state index contributed by atoms with van der Waals surface area (Å²) in [6.07, 6.45) is 6.34. The number of hydrogen-bond acceptors (Lipinski definition) is 7. The molecule has 2 aliphatic rings. The van der Waals surface area contributed by atoms with Crippen LogP contribution in [0.2, 0.25) is 0 Å². The Balaban J connectivity index is 1.26. The van der Waals surface area contributed by atoms with E-state index in [1.807, 2.05) is 37.7 Å². The highest BCUT2D eigenvalue weighted by Crippen LogP contribution is 2.35. The van der Waals surface area contributed by atoms with Gasteiger partial charge in [-0.25, -0.2) is 9.78 Å². The second kappa shape index (κ2) is 9.27. The first kappa shape index (κ1) is 23.3. The van der Waals surface area contributed by atoms with Crippen molar-refractivity contribution in [3.05, 3.63) is 48.5 Å². The zero-order chi connectivity index (χ0) is 24.6. The second-order valence-corrected chi connectivity index (χ2v) is 9.72. The average molecular weight is 479 g/mol. The Kier molecular flexibility index (Phi) is 6.16. The monoisotopic (exact) mass is 478 g/mol. The highest BCUT2D eigenvalue weighted by Gasteiger charge is 2.41. The van der Waals surface area contributed by atoms with E-state index >= 15 is 0 Å². The lowest BCUT2D eigenvalue weighted by atomic mass is 9.91. The molecule has 0 bridgehead atoms. The molecule has 3 aromatic rings. The molecule has 184 valence electrons. The molecular formula is C25H30N6O4. The van der Waals surface area contributed by atoms with E-state index in [0.29, 0.717) is 36.2 Å². The number of likely N-dealkylation sites (tertiary alicyclic amines) is 1. The third kappa shape index (κ3) is 4.85. The van der Waals surface area contributed by atoms with Crippen LogP contribution in [0.5, 0.6) is 11.5 Å². The predicted octanol–water partition coefficient (Wildman–Crippen LogP) is 3.98. The van der Waals surface area contributed by atoms with Crippen molar-refractivity contribution >= 4 is 11.8 Å². The van der Waals surface area contributed by atoms with Gasteiger partial charge in [-0.1, -0.05) is 13.8 Å². The fraction of sp³-hybridized carbons (Fsp3) is 0.440. The highest BCUT2D eigenvalue weighted by molar-refractivity contribution is 5.88. The minimum atomic E-state index is -0.828. The number of carbonyl (C=O) groups is 1. The minimum absolute atomic E-state index is 0.260. The van der Waals surface area contributed by atoms with Gasteiger partial charge in [0.05, 0.1) is 30.2 Å². The van der Waals surface area contributed by atoms with Crippen LogP contribution >= 0.6 is 0 Å². The van der Waals surface area contributed by atoms with Crippen molar-refractivity contribution in [2.75, 3.05) is 25.1 Å². The molecule has 1 unspecified atom stereocenters. The maximum atomic E-state index is 12.6. The third-order valence-electron chi connectivity index (χ3n) is 6.66. The van der Waals surface area contributed by atoms with Crippen LogP contribution in [0.4, 0.5) is 10.6 Å². The summed E-state index contributed by atoms with van der Waals surface area (Å²) in [6.45, 7) is 7.64. The molecular weight excluding hydrogens is 448 g/mol. The number of amides is 2. The summed E-state index contributed by atoms with van der Waals surface area (Å²) in [5, 5.41) is 17.6. The number of pyridine rings is 2. The molecule has 0 radical (unpaired) electrons. The molecule has 2 N–H and O–H groups in total. The molecule has 2 fully saturated rings. The number of hydrogen-bond donors (Lipinski definition) is 2. The van der Waals surface area contributed by atoms with Gasteiger partial charge in [0.25, 0.3) is 0 Å². The molecule has 2 aliphatic heterocycles. The zero-order valence-electron chi connectivity index (χ0n) is 20.1. The van der Waals surface area contributed by atoms with E-state index < -0.39 is 6.23 Å². The first-order valence-electron chi connectivity index (χ1n) is 11.8. The van der Waals surface area contributed by atoms with Gasteiger partial charge in [-0.05, 0) is 38.0 Å². The number of nitrogens with one attached hydrogen (secondary N) is 1. The maximum absolute atomic E-state index is 12.6. The van der Waals surface area contributed by atoms with Crippen LogP contribution < -0.4 is 10.1 Å². The summed E-state index contributed by atoms with van der Waals surface area (Å²) in [7, 11) is 0. The number of nitrogens with zero attached hydrogens (tertiary/aromatic N) is 5. The van der Waals surface area contributed by atoms with Crippen molar-refractivity contribution in [3.8, 4) is 22.8 Å². The average Bonchev–Trinajstić information content (AvgIpc) is 3.57. The lowest BCUT2D eigenvalue weighted by Gasteiger charge is -2.27. The Morgan fingerprint density at radius 3 is 2.89 bits per heavy atom. The standard InChI is InChI=1S/C25H30N6O4/c1-16-21(4-5-22(28-16)29-24(33)30-10-8-25(2,3)23(30)32)35-19-6-9-26-20(12-19)17-13-27-31(14-17)18-7-11-34-15-18/h4-6,9,12-14,18,23,32H,7-8,10-11,15H2,1-3H3,(H,28,29,33)/t18-,23?/m0/s1. The summed E-state index contributed by atoms with van der Waals surface area (Å²) in [6, 6.07) is 6.98. The van der Waals surface area contributed by atoms with E-state index in [9.17, 15) is 9.90 Å². The molecule has 3 aromatic heterocycles. The Hall–Kier alpha value is -3.50. The molecule has 0 spiro atoms. The van der Waals surface area contributed by atoms with E-state index in [1.54, 1.807) is 30.6 Å². The SMILES string of the molecule is Cc1nc(NC(=O)N2CCC(C)(C)C2O)ccc1Oc1ccnc(-c2cnn([C@H]3CCOC3)c2)c1. The summed E-state index contributed by atoms with van der Waals surface area (Å²) in [5.74, 6) is 1.59. The molecule has 35 heavy (non-hydrogen) atoms. The fourth-order valence-electron chi connectivity index (χ4n) is 4.36. The van der Waals surface area contributed by atoms with Gasteiger partial charge in [0, 0.05) is 42.6 Å². The van der Waals surface area contributed by atoms with Crippen molar-refractivity contribution in [1.82, 2.24) is 24.6 Å². The minimum Gasteiger partial charge on any atom is -0.455 e. The lowest BCUT2D eigenvalue weighted by molar-refractivity contribution is -0.00117. The number of aryl methyl sites for hydroxylation is 1. The Morgan fingerprint density at radius 1 is 1.31 bits per heavy atom. The summed E-state index contributed by atoms with van der Waals surface area (Å²) in [5.41, 5.74) is 1.96. The van der Waals surface area contributed by atoms with Gasteiger partial charge >= 0.3 is 6.03 Å². The van der Waals surface area contributed by atoms with Crippen molar-refractivity contribution in [2.24, 2.45) is 5.41 Å². The normalized spacial score (nSPS) is 21.3. The largest absolute Gasteiger partial charge is 0.455 e. The lowest BCUT2D eigenvalue weighted by Crippen LogP contribution is -2.42. The number of aliphatic hydroxyl groups is 1. The Labute approximate surface area is 203 Å². The van der Waals surface area contributed by atoms with E-state index in [4.69, 9.17) is 9.47 Å². The van der Waals surface area contributed by atoms with Gasteiger partial charge in [0.15, 0.2) is 0 Å². The van der Waals surface area contributed by atoms with Crippen molar-refractivity contribution in [1.29, 1.82) is 0 Å². The summed E-state index contributed by atoms with van der Waals surface area (Å²) in [4.78, 5) is 23.0. The van der Waals surface area contributed by atoms with Crippen LogP contribution in [0.25, 0.3) is 11.3 Å². The number of carbonyl (C=O) groups excluding carboxylic acids is 1. The van der Waals surface area contributed by atoms with Gasteiger partial charge in [-0.15, -0.1) is 0 Å². The molecule has 5 rings (SSSR count). The molecule has 10 nitrogen and oxygen atoms in total. The van der Waals surface area contributed by atoms with Crippen LogP contribution in [-0.4, -0.2) is 61.8 Å². The van der Waals surface area contributed by atoms with Gasteiger partial charge in [0.1, 0.15) is 23.5 Å². The number of ether oxygens (including phenoxy) is 2. The second-order valence-electron chi connectivity index (χ2n) is 9.72. The van der Waals surface area contributed by atoms with Crippen LogP contribution in [0.15, 0.2) is 42.9 Å². The van der Waals surface area contributed by atoms with Crippen LogP contribution in [0.1, 0.15) is 38.4 Å². The molecule has 2 saturated heterocycles. The Morgan fingerprint density at radius 2 is 2.17 bits per heavy atom. The van der Waals surface area contributed by atoms with Crippen LogP contribution in [0.3, 0.4) is 0 Å². The number of aromatic nitrogens is 4. The van der Waals surface area contributed by atoms with E-state index in [1.165, 1.54) is 4.90 Å². The van der Waals surface area contributed by atoms with Crippen molar-refractivity contribution in [2.45, 2.75) is 45.9 Å². The van der Waals surface area contributed by atoms with Crippen LogP contribution in [0, 0.1) is 12.3 Å². The highest BCUT2D eigenvalue weighted by atomic mass is 16.5. The molecule has 2 atom stereocenters. The zero-order valence-corrected chi connectivity index (χ0v) is 20.1. The van der Waals surface area contributed by atoms with E-state index in [0.717, 1.165) is 30.7 Å². The third-order valence-corrected chi connectivity index (χ3v) is 6.66. The summed E-state index contributed by atoms with van der Waals surface area (Å²) < 4.78 is 13.5. The maximum Gasteiger partial charge on any atom is 0.325 e. The fourth-order valence-corrected chi connectivity index (χ4v) is 4.36. The molecule has 0 saturated carbocycles. The van der Waals surface area contributed by atoms with Crippen molar-refractivity contribution in [3.63, 3.8) is 0 Å². The topological polar surface area (TPSA) is 115 Å². The molecule has 2 amide bonds.